The number of rotatable bonds is 6. The highest BCUT2D eigenvalue weighted by Gasteiger charge is 2.41. The molecule has 0 aromatic heterocycles. The van der Waals surface area contributed by atoms with E-state index in [1.807, 2.05) is 37.3 Å². The monoisotopic (exact) mass is 393 g/mol. The normalized spacial score (nSPS) is 16.9. The fraction of sp³-hybridized carbons (Fsp3) is 0.474. The zero-order valence-electron chi connectivity index (χ0n) is 14.6. The number of alkyl halides is 1. The molecule has 2 rings (SSSR count). The summed E-state index contributed by atoms with van der Waals surface area (Å²) in [4.78, 5) is 27.5. The summed E-state index contributed by atoms with van der Waals surface area (Å²) in [6.45, 7) is 7.48. The molecule has 1 aromatic rings. The lowest BCUT2D eigenvalue weighted by Crippen LogP contribution is -2.55. The van der Waals surface area contributed by atoms with Crippen LogP contribution >= 0.6 is 15.9 Å². The van der Waals surface area contributed by atoms with E-state index in [9.17, 15) is 9.59 Å². The zero-order valence-corrected chi connectivity index (χ0v) is 16.2. The Balaban J connectivity index is 2.27. The van der Waals surface area contributed by atoms with E-state index in [0.717, 1.165) is 12.0 Å². The minimum absolute atomic E-state index is 0.0396. The van der Waals surface area contributed by atoms with Crippen molar-refractivity contribution in [2.24, 2.45) is 0 Å². The Kier molecular flexibility index (Phi) is 5.86. The number of ketones is 1. The Morgan fingerprint density at radius 3 is 2.54 bits per heavy atom. The van der Waals surface area contributed by atoms with Gasteiger partial charge in [-0.3, -0.25) is 14.5 Å². The van der Waals surface area contributed by atoms with Crippen LogP contribution in [0.4, 0.5) is 0 Å². The van der Waals surface area contributed by atoms with E-state index in [4.69, 9.17) is 4.74 Å². The molecule has 1 unspecified atom stereocenters. The van der Waals surface area contributed by atoms with E-state index in [1.54, 1.807) is 20.8 Å². The Morgan fingerprint density at radius 2 is 1.96 bits per heavy atom. The number of carbonyl (C=O) groups is 2. The van der Waals surface area contributed by atoms with Gasteiger partial charge in [0.25, 0.3) is 5.91 Å². The van der Waals surface area contributed by atoms with E-state index in [2.05, 4.69) is 15.9 Å². The van der Waals surface area contributed by atoms with E-state index in [1.165, 1.54) is 4.90 Å². The number of amides is 1. The van der Waals surface area contributed by atoms with Gasteiger partial charge in [-0.2, -0.15) is 0 Å². The van der Waals surface area contributed by atoms with Crippen LogP contribution in [0.15, 0.2) is 36.1 Å². The molecule has 0 saturated carbocycles. The Bertz CT molecular complexity index is 650. The zero-order chi connectivity index (χ0) is 17.9. The van der Waals surface area contributed by atoms with Crippen molar-refractivity contribution in [2.45, 2.75) is 50.9 Å². The second-order valence-corrected chi connectivity index (χ2v) is 8.17. The van der Waals surface area contributed by atoms with Crippen LogP contribution in [0.25, 0.3) is 5.57 Å². The average Bonchev–Trinajstić information content (AvgIpc) is 2.53. The fourth-order valence-corrected chi connectivity index (χ4v) is 2.94. The average molecular weight is 394 g/mol. The third kappa shape index (κ3) is 3.89. The molecule has 1 aromatic carbocycles. The third-order valence-electron chi connectivity index (χ3n) is 4.41. The van der Waals surface area contributed by atoms with Crippen molar-refractivity contribution in [1.82, 2.24) is 4.90 Å². The van der Waals surface area contributed by atoms with E-state index >= 15 is 0 Å². The number of hydrogen-bond donors (Lipinski definition) is 0. The molecule has 0 aliphatic carbocycles. The molecule has 1 atom stereocenters. The van der Waals surface area contributed by atoms with Crippen LogP contribution in [0.3, 0.4) is 0 Å². The highest BCUT2D eigenvalue weighted by molar-refractivity contribution is 9.09. The molecule has 1 amide bonds. The topological polar surface area (TPSA) is 46.6 Å². The van der Waals surface area contributed by atoms with Gasteiger partial charge >= 0.3 is 0 Å². The molecular weight excluding hydrogens is 370 g/mol. The number of carbonyl (C=O) groups excluding carboxylic acids is 2. The van der Waals surface area contributed by atoms with Crippen molar-refractivity contribution in [3.05, 3.63) is 41.7 Å². The fourth-order valence-electron chi connectivity index (χ4n) is 2.71. The first kappa shape index (κ1) is 18.7. The minimum Gasteiger partial charge on any atom is -0.477 e. The maximum absolute atomic E-state index is 13.1. The largest absolute Gasteiger partial charge is 0.477 e. The maximum Gasteiger partial charge on any atom is 0.261 e. The molecule has 0 bridgehead atoms. The number of halogens is 1. The summed E-state index contributed by atoms with van der Waals surface area (Å²) in [5, 5.41) is 0. The van der Waals surface area contributed by atoms with Gasteiger partial charge in [-0.1, -0.05) is 53.2 Å². The Morgan fingerprint density at radius 1 is 1.33 bits per heavy atom. The van der Waals surface area contributed by atoms with Gasteiger partial charge in [-0.15, -0.1) is 0 Å². The van der Waals surface area contributed by atoms with Gasteiger partial charge in [0.2, 0.25) is 0 Å². The lowest BCUT2D eigenvalue weighted by atomic mass is 9.91. The molecular formula is C19H24BrNO3. The number of allylic oxidation sites excluding steroid dienone is 1. The highest BCUT2D eigenvalue weighted by Crippen LogP contribution is 2.31. The van der Waals surface area contributed by atoms with E-state index in [-0.39, 0.29) is 23.2 Å². The summed E-state index contributed by atoms with van der Waals surface area (Å²) < 4.78 is 5.71. The lowest BCUT2D eigenvalue weighted by Gasteiger charge is -2.40. The van der Waals surface area contributed by atoms with Crippen LogP contribution in [0.1, 0.15) is 46.1 Å². The molecule has 0 N–H and O–H groups in total. The predicted octanol–water partition coefficient (Wildman–Crippen LogP) is 4.15. The third-order valence-corrected chi connectivity index (χ3v) is 4.87. The van der Waals surface area contributed by atoms with Crippen molar-refractivity contribution in [3.63, 3.8) is 0 Å². The SMILES string of the molecule is CC1=C(c2ccccc2)C(=O)N(C(C)(C)C(=O)CCC(C)Br)CO1. The number of benzene rings is 1. The number of Topliss-reactive ketones (excluding diaryl/α,β-unsaturated/α-hetero) is 1. The van der Waals surface area contributed by atoms with Crippen LogP contribution in [-0.2, 0) is 14.3 Å². The summed E-state index contributed by atoms with van der Waals surface area (Å²) in [5.74, 6) is 0.479. The summed E-state index contributed by atoms with van der Waals surface area (Å²) in [7, 11) is 0. The first-order valence-corrected chi connectivity index (χ1v) is 9.05. The van der Waals surface area contributed by atoms with Gasteiger partial charge in [-0.25, -0.2) is 0 Å². The van der Waals surface area contributed by atoms with Crippen molar-refractivity contribution < 1.29 is 14.3 Å². The van der Waals surface area contributed by atoms with Gasteiger partial charge in [0.1, 0.15) is 5.76 Å². The van der Waals surface area contributed by atoms with Crippen LogP contribution < -0.4 is 0 Å². The molecule has 1 aliphatic rings. The summed E-state index contributed by atoms with van der Waals surface area (Å²) >= 11 is 3.46. The minimum atomic E-state index is -0.903. The van der Waals surface area contributed by atoms with Gasteiger partial charge in [0.05, 0.1) is 11.1 Å². The van der Waals surface area contributed by atoms with Crippen LogP contribution in [0.5, 0.6) is 0 Å². The summed E-state index contributed by atoms with van der Waals surface area (Å²) in [6, 6.07) is 9.43. The molecule has 4 nitrogen and oxygen atoms in total. The molecule has 1 heterocycles. The van der Waals surface area contributed by atoms with Crippen molar-refractivity contribution in [1.29, 1.82) is 0 Å². The van der Waals surface area contributed by atoms with Gasteiger partial charge < -0.3 is 4.74 Å². The molecule has 0 radical (unpaired) electrons. The lowest BCUT2D eigenvalue weighted by molar-refractivity contribution is -0.148. The summed E-state index contributed by atoms with van der Waals surface area (Å²) in [6.07, 6.45) is 1.16. The van der Waals surface area contributed by atoms with Crippen molar-refractivity contribution in [3.8, 4) is 0 Å². The van der Waals surface area contributed by atoms with E-state index in [0.29, 0.717) is 17.8 Å². The second kappa shape index (κ2) is 7.51. The summed E-state index contributed by atoms with van der Waals surface area (Å²) in [5.41, 5.74) is 0.429. The number of hydrogen-bond acceptors (Lipinski definition) is 3. The standard InChI is InChI=1S/C19H24BrNO3/c1-13(20)10-11-16(22)19(3,4)21-12-24-14(2)17(18(21)23)15-8-6-5-7-9-15/h5-9,13H,10-12H2,1-4H3. The van der Waals surface area contributed by atoms with Gasteiger partial charge in [-0.05, 0) is 32.8 Å². The molecule has 1 aliphatic heterocycles. The van der Waals surface area contributed by atoms with Crippen molar-refractivity contribution >= 4 is 33.2 Å². The van der Waals surface area contributed by atoms with Gasteiger partial charge in [0, 0.05) is 11.2 Å². The maximum atomic E-state index is 13.1. The molecule has 0 fully saturated rings. The van der Waals surface area contributed by atoms with Crippen LogP contribution in [-0.4, -0.2) is 33.7 Å². The second-order valence-electron chi connectivity index (χ2n) is 6.61. The number of nitrogens with zero attached hydrogens (tertiary/aromatic N) is 1. The van der Waals surface area contributed by atoms with Crippen LogP contribution in [0.2, 0.25) is 0 Å². The highest BCUT2D eigenvalue weighted by atomic mass is 79.9. The van der Waals surface area contributed by atoms with E-state index < -0.39 is 5.54 Å². The molecule has 5 heteroatoms. The molecule has 130 valence electrons. The predicted molar refractivity (Wildman–Crippen MR) is 98.5 cm³/mol. The molecule has 0 saturated heterocycles. The van der Waals surface area contributed by atoms with Crippen LogP contribution in [0, 0.1) is 0 Å². The smallest absolute Gasteiger partial charge is 0.261 e. The number of ether oxygens (including phenoxy) is 1. The van der Waals surface area contributed by atoms with Gasteiger partial charge in [0.15, 0.2) is 12.5 Å². The Labute approximate surface area is 152 Å². The quantitative estimate of drug-likeness (QED) is 0.682. The Hall–Kier alpha value is -1.62. The molecule has 0 spiro atoms. The van der Waals surface area contributed by atoms with Crippen molar-refractivity contribution in [2.75, 3.05) is 6.73 Å². The molecule has 24 heavy (non-hydrogen) atoms. The first-order valence-electron chi connectivity index (χ1n) is 8.13. The first-order chi connectivity index (χ1) is 11.2.